The van der Waals surface area contributed by atoms with Crippen LogP contribution in [0.25, 0.3) is 0 Å². The normalized spacial score (nSPS) is 12.3. The molecule has 0 heterocycles. The van der Waals surface area contributed by atoms with E-state index in [1.807, 2.05) is 0 Å². The van der Waals surface area contributed by atoms with Crippen LogP contribution >= 0.6 is 11.6 Å². The van der Waals surface area contributed by atoms with Crippen LogP contribution in [0.5, 0.6) is 5.75 Å². The Labute approximate surface area is 93.4 Å². The van der Waals surface area contributed by atoms with Crippen LogP contribution < -0.4 is 10.1 Å². The smallest absolute Gasteiger partial charge is 0.142 e. The quantitative estimate of drug-likeness (QED) is 0.711. The van der Waals surface area contributed by atoms with Gasteiger partial charge in [-0.25, -0.2) is 0 Å². The van der Waals surface area contributed by atoms with Crippen LogP contribution in [0.2, 0.25) is 5.02 Å². The number of nitrogens with one attached hydrogen (secondary N) is 1. The maximum Gasteiger partial charge on any atom is 0.142 e. The summed E-state index contributed by atoms with van der Waals surface area (Å²) in [5.41, 5.74) is 0.692. The maximum absolute atomic E-state index is 9.17. The Balaban J connectivity index is 2.69. The van der Waals surface area contributed by atoms with Gasteiger partial charge in [0.2, 0.25) is 0 Å². The Morgan fingerprint density at radius 3 is 2.87 bits per heavy atom. The molecule has 3 N–H and O–H groups in total. The average Bonchev–Trinajstić information content (AvgIpc) is 2.26. The molecule has 1 rings (SSSR count). The van der Waals surface area contributed by atoms with Crippen LogP contribution in [0.4, 0.5) is 5.69 Å². The predicted octanol–water partition coefficient (Wildman–Crippen LogP) is 1.11. The predicted molar refractivity (Wildman–Crippen MR) is 59.6 cm³/mol. The SMILES string of the molecule is COc1ccc(Cl)cc1NC[C@H](O)CO. The van der Waals surface area contributed by atoms with Gasteiger partial charge in [0.25, 0.3) is 0 Å². The fourth-order valence-corrected chi connectivity index (χ4v) is 1.28. The van der Waals surface area contributed by atoms with E-state index in [9.17, 15) is 0 Å². The van der Waals surface area contributed by atoms with Crippen molar-refractivity contribution in [3.05, 3.63) is 23.2 Å². The molecule has 0 aliphatic carbocycles. The van der Waals surface area contributed by atoms with Crippen LogP contribution in [-0.2, 0) is 0 Å². The van der Waals surface area contributed by atoms with Crippen molar-refractivity contribution >= 4 is 17.3 Å². The maximum atomic E-state index is 9.17. The van der Waals surface area contributed by atoms with E-state index in [0.717, 1.165) is 0 Å². The Kier molecular flexibility index (Phi) is 4.68. The molecule has 4 nitrogen and oxygen atoms in total. The molecular weight excluding hydrogens is 218 g/mol. The number of rotatable bonds is 5. The second-order valence-corrected chi connectivity index (χ2v) is 3.50. The largest absolute Gasteiger partial charge is 0.495 e. The van der Waals surface area contributed by atoms with Crippen LogP contribution in [-0.4, -0.2) is 36.6 Å². The average molecular weight is 232 g/mol. The third-order valence-electron chi connectivity index (χ3n) is 1.90. The first-order valence-corrected chi connectivity index (χ1v) is 4.91. The van der Waals surface area contributed by atoms with E-state index in [2.05, 4.69) is 5.32 Å². The zero-order valence-corrected chi connectivity index (χ0v) is 9.16. The lowest BCUT2D eigenvalue weighted by molar-refractivity contribution is 0.105. The van der Waals surface area contributed by atoms with Crippen molar-refractivity contribution in [3.8, 4) is 5.75 Å². The van der Waals surface area contributed by atoms with Gasteiger partial charge in [-0.3, -0.25) is 0 Å². The zero-order valence-electron chi connectivity index (χ0n) is 8.40. The topological polar surface area (TPSA) is 61.7 Å². The molecule has 0 aliphatic heterocycles. The summed E-state index contributed by atoms with van der Waals surface area (Å²) in [6, 6.07) is 5.15. The second kappa shape index (κ2) is 5.80. The van der Waals surface area contributed by atoms with Crippen LogP contribution in [0.1, 0.15) is 0 Å². The molecule has 0 amide bonds. The first-order valence-electron chi connectivity index (χ1n) is 4.53. The van der Waals surface area contributed by atoms with Gasteiger partial charge in [0.1, 0.15) is 5.75 Å². The van der Waals surface area contributed by atoms with Gasteiger partial charge >= 0.3 is 0 Å². The van der Waals surface area contributed by atoms with Gasteiger partial charge in [0.15, 0.2) is 0 Å². The number of aliphatic hydroxyl groups excluding tert-OH is 2. The lowest BCUT2D eigenvalue weighted by atomic mass is 10.2. The summed E-state index contributed by atoms with van der Waals surface area (Å²) in [6.45, 7) is -0.0386. The van der Waals surface area contributed by atoms with Crippen molar-refractivity contribution in [2.45, 2.75) is 6.10 Å². The Bertz CT molecular complexity index is 320. The van der Waals surface area contributed by atoms with E-state index in [0.29, 0.717) is 16.5 Å². The highest BCUT2D eigenvalue weighted by Crippen LogP contribution is 2.27. The van der Waals surface area contributed by atoms with E-state index < -0.39 is 6.10 Å². The van der Waals surface area contributed by atoms with E-state index in [1.54, 1.807) is 25.3 Å². The van der Waals surface area contributed by atoms with E-state index in [4.69, 9.17) is 26.6 Å². The Hall–Kier alpha value is -0.970. The number of anilines is 1. The van der Waals surface area contributed by atoms with Crippen LogP contribution in [0.3, 0.4) is 0 Å². The Morgan fingerprint density at radius 2 is 2.27 bits per heavy atom. The highest BCUT2D eigenvalue weighted by molar-refractivity contribution is 6.30. The number of aliphatic hydroxyl groups is 2. The van der Waals surface area contributed by atoms with Gasteiger partial charge in [-0.1, -0.05) is 11.6 Å². The van der Waals surface area contributed by atoms with E-state index in [1.165, 1.54) is 0 Å². The number of hydrogen-bond acceptors (Lipinski definition) is 4. The summed E-state index contributed by atoms with van der Waals surface area (Å²) in [5, 5.41) is 21.3. The summed E-state index contributed by atoms with van der Waals surface area (Å²) < 4.78 is 5.10. The standard InChI is InChI=1S/C10H14ClNO3/c1-15-10-3-2-7(11)4-9(10)12-5-8(14)6-13/h2-4,8,12-14H,5-6H2,1H3/t8-/m0/s1. The van der Waals surface area contributed by atoms with Gasteiger partial charge in [-0.15, -0.1) is 0 Å². The van der Waals surface area contributed by atoms with Crippen molar-refractivity contribution in [2.24, 2.45) is 0 Å². The van der Waals surface area contributed by atoms with Crippen molar-refractivity contribution in [2.75, 3.05) is 25.6 Å². The van der Waals surface area contributed by atoms with E-state index in [-0.39, 0.29) is 13.2 Å². The molecule has 0 aromatic heterocycles. The molecule has 0 aliphatic rings. The lowest BCUT2D eigenvalue weighted by Crippen LogP contribution is -2.23. The van der Waals surface area contributed by atoms with Crippen molar-refractivity contribution in [1.82, 2.24) is 0 Å². The highest BCUT2D eigenvalue weighted by Gasteiger charge is 2.06. The third-order valence-corrected chi connectivity index (χ3v) is 2.14. The molecule has 0 fully saturated rings. The Morgan fingerprint density at radius 1 is 1.53 bits per heavy atom. The third kappa shape index (κ3) is 3.58. The van der Waals surface area contributed by atoms with Gasteiger partial charge in [0.05, 0.1) is 25.5 Å². The zero-order chi connectivity index (χ0) is 11.3. The molecule has 15 heavy (non-hydrogen) atoms. The molecule has 0 spiro atoms. The molecule has 1 aromatic carbocycles. The molecular formula is C10H14ClNO3. The fraction of sp³-hybridized carbons (Fsp3) is 0.400. The first kappa shape index (κ1) is 12.1. The van der Waals surface area contributed by atoms with Crippen LogP contribution in [0.15, 0.2) is 18.2 Å². The number of halogens is 1. The molecule has 1 atom stereocenters. The van der Waals surface area contributed by atoms with Gasteiger partial charge in [-0.05, 0) is 18.2 Å². The molecule has 0 bridgehead atoms. The molecule has 0 saturated heterocycles. The second-order valence-electron chi connectivity index (χ2n) is 3.06. The number of benzene rings is 1. The van der Waals surface area contributed by atoms with Crippen molar-refractivity contribution in [3.63, 3.8) is 0 Å². The summed E-state index contributed by atoms with van der Waals surface area (Å²) in [7, 11) is 1.55. The minimum absolute atomic E-state index is 0.243. The summed E-state index contributed by atoms with van der Waals surface area (Å²) in [5.74, 6) is 0.643. The molecule has 1 aromatic rings. The van der Waals surface area contributed by atoms with Gasteiger partial charge < -0.3 is 20.3 Å². The molecule has 5 heteroatoms. The minimum Gasteiger partial charge on any atom is -0.495 e. The fourth-order valence-electron chi connectivity index (χ4n) is 1.11. The monoisotopic (exact) mass is 231 g/mol. The molecule has 0 saturated carbocycles. The van der Waals surface area contributed by atoms with Crippen LogP contribution in [0, 0.1) is 0 Å². The van der Waals surface area contributed by atoms with E-state index >= 15 is 0 Å². The van der Waals surface area contributed by atoms with Gasteiger partial charge in [-0.2, -0.15) is 0 Å². The van der Waals surface area contributed by atoms with Gasteiger partial charge in [0, 0.05) is 11.6 Å². The van der Waals surface area contributed by atoms with Crippen molar-refractivity contribution in [1.29, 1.82) is 0 Å². The summed E-state index contributed by atoms with van der Waals surface area (Å²) in [6.07, 6.45) is -0.798. The number of ether oxygens (including phenoxy) is 1. The number of hydrogen-bond donors (Lipinski definition) is 3. The minimum atomic E-state index is -0.798. The lowest BCUT2D eigenvalue weighted by Gasteiger charge is -2.13. The highest BCUT2D eigenvalue weighted by atomic mass is 35.5. The number of methoxy groups -OCH3 is 1. The summed E-state index contributed by atoms with van der Waals surface area (Å²) in [4.78, 5) is 0. The summed E-state index contributed by atoms with van der Waals surface area (Å²) >= 11 is 5.82. The van der Waals surface area contributed by atoms with Crippen molar-refractivity contribution < 1.29 is 14.9 Å². The molecule has 0 radical (unpaired) electrons. The molecule has 84 valence electrons. The first-order chi connectivity index (χ1) is 7.17. The molecule has 0 unspecified atom stereocenters.